The number of carbonyl (C=O) groups excluding carboxylic acids is 1. The van der Waals surface area contributed by atoms with E-state index >= 15 is 0 Å². The highest BCUT2D eigenvalue weighted by molar-refractivity contribution is 5.81. The van der Waals surface area contributed by atoms with Crippen LogP contribution in [-0.2, 0) is 4.79 Å². The number of benzene rings is 1. The minimum Gasteiger partial charge on any atom is -0.363 e. The van der Waals surface area contributed by atoms with Crippen molar-refractivity contribution in [1.29, 1.82) is 5.26 Å². The zero-order valence-corrected chi connectivity index (χ0v) is 9.42. The predicted molar refractivity (Wildman–Crippen MR) is 58.4 cm³/mol. The van der Waals surface area contributed by atoms with Gasteiger partial charge in [0, 0.05) is 14.1 Å². The summed E-state index contributed by atoms with van der Waals surface area (Å²) >= 11 is 0. The zero-order chi connectivity index (χ0) is 13.0. The smallest absolute Gasteiger partial charge is 0.239 e. The first-order valence-corrected chi connectivity index (χ1v) is 4.81. The van der Waals surface area contributed by atoms with Crippen LogP contribution in [0.15, 0.2) is 12.1 Å². The normalized spacial score (nSPS) is 9.59. The van der Waals surface area contributed by atoms with E-state index in [0.29, 0.717) is 0 Å². The Morgan fingerprint density at radius 3 is 2.65 bits per heavy atom. The van der Waals surface area contributed by atoms with Crippen LogP contribution in [0.1, 0.15) is 5.56 Å². The van der Waals surface area contributed by atoms with Gasteiger partial charge in [-0.25, -0.2) is 8.78 Å². The Morgan fingerprint density at radius 1 is 1.47 bits per heavy atom. The van der Waals surface area contributed by atoms with Gasteiger partial charge < -0.3 is 10.2 Å². The SMILES string of the molecule is CNC(=O)CN(C)c1ccc(C#N)c(F)c1F. The van der Waals surface area contributed by atoms with E-state index in [1.165, 1.54) is 31.1 Å². The van der Waals surface area contributed by atoms with Gasteiger partial charge in [-0.2, -0.15) is 5.26 Å². The number of rotatable bonds is 3. The second-order valence-corrected chi connectivity index (χ2v) is 3.40. The first-order chi connectivity index (χ1) is 8.01. The Balaban J connectivity index is 3.04. The molecule has 0 saturated carbocycles. The number of carbonyl (C=O) groups is 1. The van der Waals surface area contributed by atoms with Crippen LogP contribution in [0.5, 0.6) is 0 Å². The molecule has 0 aliphatic rings. The standard InChI is InChI=1S/C11H11F2N3O/c1-15-9(17)6-16(2)8-4-3-7(5-14)10(12)11(8)13/h3-4H,6H2,1-2H3,(H,15,17). The minimum atomic E-state index is -1.20. The summed E-state index contributed by atoms with van der Waals surface area (Å²) in [6.07, 6.45) is 0. The lowest BCUT2D eigenvalue weighted by molar-refractivity contribution is -0.119. The number of anilines is 1. The second kappa shape index (κ2) is 5.25. The van der Waals surface area contributed by atoms with Crippen molar-refractivity contribution < 1.29 is 13.6 Å². The monoisotopic (exact) mass is 239 g/mol. The molecule has 1 aromatic carbocycles. The molecule has 1 amide bonds. The molecule has 1 N–H and O–H groups in total. The van der Waals surface area contributed by atoms with Crippen LogP contribution in [0.25, 0.3) is 0 Å². The molecule has 0 aliphatic heterocycles. The Bertz CT molecular complexity index is 482. The molecule has 4 nitrogen and oxygen atoms in total. The number of nitrogens with zero attached hydrogens (tertiary/aromatic N) is 2. The zero-order valence-electron chi connectivity index (χ0n) is 9.42. The molecule has 6 heteroatoms. The number of likely N-dealkylation sites (N-methyl/N-ethyl adjacent to an activating group) is 2. The van der Waals surface area contributed by atoms with Crippen molar-refractivity contribution in [2.24, 2.45) is 0 Å². The number of hydrogen-bond donors (Lipinski definition) is 1. The lowest BCUT2D eigenvalue weighted by Gasteiger charge is -2.19. The number of halogens is 2. The van der Waals surface area contributed by atoms with Gasteiger partial charge in [-0.3, -0.25) is 4.79 Å². The summed E-state index contributed by atoms with van der Waals surface area (Å²) in [6, 6.07) is 3.98. The van der Waals surface area contributed by atoms with Crippen LogP contribution in [0, 0.1) is 23.0 Å². The average molecular weight is 239 g/mol. The van der Waals surface area contributed by atoms with E-state index < -0.39 is 11.6 Å². The topological polar surface area (TPSA) is 56.1 Å². The molecule has 0 bridgehead atoms. The molecule has 0 spiro atoms. The number of amides is 1. The minimum absolute atomic E-state index is 0.0647. The molecule has 0 atom stereocenters. The first-order valence-electron chi connectivity index (χ1n) is 4.81. The Hall–Kier alpha value is -2.16. The third-order valence-electron chi connectivity index (χ3n) is 2.25. The summed E-state index contributed by atoms with van der Waals surface area (Å²) in [5.41, 5.74) is -0.426. The maximum absolute atomic E-state index is 13.6. The average Bonchev–Trinajstić information content (AvgIpc) is 2.32. The van der Waals surface area contributed by atoms with Crippen molar-refractivity contribution in [3.63, 3.8) is 0 Å². The highest BCUT2D eigenvalue weighted by Crippen LogP contribution is 2.22. The van der Waals surface area contributed by atoms with Crippen molar-refractivity contribution in [2.45, 2.75) is 0 Å². The maximum Gasteiger partial charge on any atom is 0.239 e. The molecule has 1 rings (SSSR count). The molecular formula is C11H11F2N3O. The lowest BCUT2D eigenvalue weighted by Crippen LogP contribution is -2.33. The predicted octanol–water partition coefficient (Wildman–Crippen LogP) is 1.02. The van der Waals surface area contributed by atoms with Gasteiger partial charge in [0.2, 0.25) is 5.91 Å². The Morgan fingerprint density at radius 2 is 2.12 bits per heavy atom. The van der Waals surface area contributed by atoms with E-state index in [1.807, 2.05) is 0 Å². The fourth-order valence-corrected chi connectivity index (χ4v) is 1.30. The van der Waals surface area contributed by atoms with Crippen molar-refractivity contribution in [2.75, 3.05) is 25.5 Å². The van der Waals surface area contributed by atoms with Crippen molar-refractivity contribution in [3.8, 4) is 6.07 Å². The van der Waals surface area contributed by atoms with Crippen LogP contribution in [0.3, 0.4) is 0 Å². The molecule has 0 saturated heterocycles. The summed E-state index contributed by atoms with van der Waals surface area (Å²) in [4.78, 5) is 12.4. The molecule has 1 aromatic rings. The Labute approximate surface area is 97.5 Å². The Kier molecular flexibility index (Phi) is 3.99. The van der Waals surface area contributed by atoms with E-state index in [2.05, 4.69) is 5.32 Å². The molecule has 0 radical (unpaired) electrons. The van der Waals surface area contributed by atoms with Crippen LogP contribution in [0.4, 0.5) is 14.5 Å². The quantitative estimate of drug-likeness (QED) is 0.856. The summed E-state index contributed by atoms with van der Waals surface area (Å²) < 4.78 is 26.9. The molecule has 0 unspecified atom stereocenters. The molecule has 0 fully saturated rings. The van der Waals surface area contributed by atoms with Gasteiger partial charge in [-0.1, -0.05) is 0 Å². The van der Waals surface area contributed by atoms with Gasteiger partial charge in [0.15, 0.2) is 11.6 Å². The molecular weight excluding hydrogens is 228 g/mol. The molecule has 0 aromatic heterocycles. The van der Waals surface area contributed by atoms with Crippen LogP contribution < -0.4 is 10.2 Å². The van der Waals surface area contributed by atoms with E-state index in [4.69, 9.17) is 5.26 Å². The third kappa shape index (κ3) is 2.69. The summed E-state index contributed by atoms with van der Waals surface area (Å²) in [5, 5.41) is 10.9. The molecule has 17 heavy (non-hydrogen) atoms. The van der Waals surface area contributed by atoms with E-state index in [9.17, 15) is 13.6 Å². The van der Waals surface area contributed by atoms with E-state index in [-0.39, 0.29) is 23.7 Å². The summed E-state index contributed by atoms with van der Waals surface area (Å²) in [7, 11) is 2.91. The molecule has 0 aliphatic carbocycles. The maximum atomic E-state index is 13.6. The lowest BCUT2D eigenvalue weighted by atomic mass is 10.2. The van der Waals surface area contributed by atoms with Crippen LogP contribution in [0.2, 0.25) is 0 Å². The van der Waals surface area contributed by atoms with Gasteiger partial charge in [0.25, 0.3) is 0 Å². The fraction of sp³-hybridized carbons (Fsp3) is 0.273. The second-order valence-electron chi connectivity index (χ2n) is 3.40. The van der Waals surface area contributed by atoms with Crippen molar-refractivity contribution in [3.05, 3.63) is 29.3 Å². The van der Waals surface area contributed by atoms with Gasteiger partial charge in [0.1, 0.15) is 6.07 Å². The van der Waals surface area contributed by atoms with E-state index in [0.717, 1.165) is 0 Å². The molecule has 0 heterocycles. The van der Waals surface area contributed by atoms with Crippen molar-refractivity contribution >= 4 is 11.6 Å². The highest BCUT2D eigenvalue weighted by Gasteiger charge is 2.17. The number of nitrogens with one attached hydrogen (secondary N) is 1. The summed E-state index contributed by atoms with van der Waals surface area (Å²) in [5.74, 6) is -2.65. The largest absolute Gasteiger partial charge is 0.363 e. The van der Waals surface area contributed by atoms with Crippen LogP contribution >= 0.6 is 0 Å². The number of hydrogen-bond acceptors (Lipinski definition) is 3. The third-order valence-corrected chi connectivity index (χ3v) is 2.25. The first kappa shape index (κ1) is 12.9. The van der Waals surface area contributed by atoms with Crippen LogP contribution in [-0.4, -0.2) is 26.5 Å². The van der Waals surface area contributed by atoms with Gasteiger partial charge in [0.05, 0.1) is 17.8 Å². The van der Waals surface area contributed by atoms with Gasteiger partial charge >= 0.3 is 0 Å². The number of nitriles is 1. The fourth-order valence-electron chi connectivity index (χ4n) is 1.30. The van der Waals surface area contributed by atoms with Gasteiger partial charge in [-0.15, -0.1) is 0 Å². The van der Waals surface area contributed by atoms with Crippen molar-refractivity contribution in [1.82, 2.24) is 5.32 Å². The van der Waals surface area contributed by atoms with Gasteiger partial charge in [-0.05, 0) is 12.1 Å². The van der Waals surface area contributed by atoms with E-state index in [1.54, 1.807) is 6.07 Å². The molecule has 90 valence electrons. The highest BCUT2D eigenvalue weighted by atomic mass is 19.2. The summed E-state index contributed by atoms with van der Waals surface area (Å²) in [6.45, 7) is -0.0985.